The van der Waals surface area contributed by atoms with Crippen molar-refractivity contribution >= 4 is 11.6 Å². The van der Waals surface area contributed by atoms with E-state index in [1.807, 2.05) is 27.7 Å². The molecule has 2 saturated carbocycles. The molecule has 256 valence electrons. The number of aliphatic hydroxyl groups excluding tert-OH is 4. The van der Waals surface area contributed by atoms with Crippen LogP contribution in [0.15, 0.2) is 35.1 Å². The third kappa shape index (κ3) is 4.54. The first-order valence-electron chi connectivity index (χ1n) is 16.7. The van der Waals surface area contributed by atoms with Crippen molar-refractivity contribution in [3.05, 3.63) is 35.1 Å². The molecule has 0 aromatic heterocycles. The predicted octanol–water partition coefficient (Wildman–Crippen LogP) is 2.74. The highest BCUT2D eigenvalue weighted by molar-refractivity contribution is 6.02. The molecule has 2 saturated heterocycles. The van der Waals surface area contributed by atoms with Crippen molar-refractivity contribution in [2.45, 2.75) is 130 Å². The Balaban J connectivity index is 1.40. The van der Waals surface area contributed by atoms with E-state index in [0.717, 1.165) is 11.1 Å². The van der Waals surface area contributed by atoms with Crippen LogP contribution in [0.3, 0.4) is 0 Å². The molecule has 0 unspecified atom stereocenters. The highest BCUT2D eigenvalue weighted by Crippen LogP contribution is 2.75. The number of carbonyl (C=O) groups is 2. The van der Waals surface area contributed by atoms with Crippen molar-refractivity contribution in [3.63, 3.8) is 0 Å². The minimum atomic E-state index is -1.68. The number of hydrogen-bond acceptors (Lipinski definition) is 10. The van der Waals surface area contributed by atoms with Crippen LogP contribution in [-0.4, -0.2) is 92.2 Å². The Bertz CT molecular complexity index is 1390. The maximum atomic E-state index is 14.7. The van der Waals surface area contributed by atoms with Gasteiger partial charge in [-0.3, -0.25) is 9.59 Å². The second-order valence-electron chi connectivity index (χ2n) is 16.6. The Morgan fingerprint density at radius 2 is 1.65 bits per heavy atom. The average molecular weight is 645 g/mol. The maximum Gasteiger partial charge on any atom is 0.229 e. The molecule has 4 aliphatic carbocycles. The first-order chi connectivity index (χ1) is 21.2. The lowest BCUT2D eigenvalue weighted by Gasteiger charge is -2.64. The summed E-state index contributed by atoms with van der Waals surface area (Å²) in [6.07, 6.45) is -0.139. The summed E-state index contributed by atoms with van der Waals surface area (Å²) >= 11 is 0. The van der Waals surface area contributed by atoms with Gasteiger partial charge >= 0.3 is 0 Å². The van der Waals surface area contributed by atoms with Gasteiger partial charge in [0.15, 0.2) is 5.76 Å². The molecular formula is C36H52O10. The van der Waals surface area contributed by atoms with Gasteiger partial charge in [0.05, 0.1) is 29.8 Å². The largest absolute Gasteiger partial charge is 0.459 e. The molecule has 10 nitrogen and oxygen atoms in total. The van der Waals surface area contributed by atoms with E-state index in [2.05, 4.69) is 26.0 Å². The number of Topliss-reactive ketones (excluding diaryl/α,β-unsaturated/α-hetero) is 2. The predicted molar refractivity (Wildman–Crippen MR) is 167 cm³/mol. The van der Waals surface area contributed by atoms with Crippen LogP contribution in [0, 0.1) is 39.4 Å². The van der Waals surface area contributed by atoms with Crippen LogP contribution in [0.5, 0.6) is 0 Å². The zero-order valence-electron chi connectivity index (χ0n) is 28.3. The molecule has 0 spiro atoms. The van der Waals surface area contributed by atoms with Crippen molar-refractivity contribution in [2.24, 2.45) is 39.4 Å². The number of ketones is 2. The standard InChI is InChI=1S/C36H52O10/c1-17(2)11-18-13-35(7,43)29-22(44-18)14-33(5)24-10-9-19-20(36(24,8)25(38)15-34(29,33)6)12-21(30(42)32(19,3)4)45-31-28(41)27(40)26(39)23(16-37)46-31/h9,11-12,18,20,22-24,26-29,31,37,39-41,43H,10,13-16H2,1-8H3/t18-,20-,22-,23-,24+,26-,27-,28-,29+,31-,33+,34-,35+,36+/m1/s1. The molecule has 4 fully saturated rings. The molecular weight excluding hydrogens is 592 g/mol. The molecule has 6 rings (SSSR count). The molecule has 10 heteroatoms. The van der Waals surface area contributed by atoms with Gasteiger partial charge in [-0.05, 0) is 70.3 Å². The van der Waals surface area contributed by atoms with E-state index >= 15 is 0 Å². The second-order valence-corrected chi connectivity index (χ2v) is 16.6. The van der Waals surface area contributed by atoms with Crippen molar-refractivity contribution < 1.29 is 49.3 Å². The van der Waals surface area contributed by atoms with Gasteiger partial charge in [-0.25, -0.2) is 0 Å². The lowest BCUT2D eigenvalue weighted by atomic mass is 9.39. The summed E-state index contributed by atoms with van der Waals surface area (Å²) < 4.78 is 18.3. The summed E-state index contributed by atoms with van der Waals surface area (Å²) in [5, 5.41) is 52.9. The monoisotopic (exact) mass is 644 g/mol. The highest BCUT2D eigenvalue weighted by Gasteiger charge is 2.75. The number of carbonyl (C=O) groups excluding carboxylic acids is 2. The van der Waals surface area contributed by atoms with Crippen molar-refractivity contribution in [1.29, 1.82) is 0 Å². The van der Waals surface area contributed by atoms with E-state index in [4.69, 9.17) is 14.2 Å². The third-order valence-electron chi connectivity index (χ3n) is 13.2. The fourth-order valence-corrected chi connectivity index (χ4v) is 10.8. The number of rotatable bonds is 4. The molecule has 0 radical (unpaired) electrons. The second kappa shape index (κ2) is 10.8. The number of fused-ring (bicyclic) bond motifs is 7. The Labute approximate surface area is 271 Å². The Hall–Kier alpha value is -1.92. The van der Waals surface area contributed by atoms with Crippen LogP contribution >= 0.6 is 0 Å². The molecule has 0 aromatic rings. The van der Waals surface area contributed by atoms with Crippen LogP contribution < -0.4 is 0 Å². The average Bonchev–Trinajstić information content (AvgIpc) is 3.18. The van der Waals surface area contributed by atoms with Gasteiger partial charge in [-0.15, -0.1) is 0 Å². The summed E-state index contributed by atoms with van der Waals surface area (Å²) in [6, 6.07) is 0. The van der Waals surface area contributed by atoms with Crippen LogP contribution in [0.4, 0.5) is 0 Å². The van der Waals surface area contributed by atoms with E-state index in [0.29, 0.717) is 19.3 Å². The van der Waals surface area contributed by atoms with Crippen molar-refractivity contribution in [2.75, 3.05) is 6.61 Å². The Morgan fingerprint density at radius 3 is 2.28 bits per heavy atom. The lowest BCUT2D eigenvalue weighted by molar-refractivity contribution is -0.291. The fourth-order valence-electron chi connectivity index (χ4n) is 10.8. The molecule has 5 N–H and O–H groups in total. The van der Waals surface area contributed by atoms with E-state index in [1.165, 1.54) is 0 Å². The molecule has 2 aliphatic heterocycles. The molecule has 14 atom stereocenters. The molecule has 46 heavy (non-hydrogen) atoms. The van der Waals surface area contributed by atoms with Gasteiger partial charge in [0.1, 0.15) is 30.2 Å². The molecule has 0 amide bonds. The van der Waals surface area contributed by atoms with Gasteiger partial charge in [0.2, 0.25) is 12.1 Å². The van der Waals surface area contributed by atoms with E-state index in [9.17, 15) is 35.1 Å². The summed E-state index contributed by atoms with van der Waals surface area (Å²) in [4.78, 5) is 28.6. The lowest BCUT2D eigenvalue weighted by Crippen LogP contribution is -2.64. The van der Waals surface area contributed by atoms with Crippen LogP contribution in [0.25, 0.3) is 0 Å². The number of hydrogen-bond donors (Lipinski definition) is 5. The highest BCUT2D eigenvalue weighted by atomic mass is 16.7. The molecule has 6 aliphatic rings. The molecule has 0 bridgehead atoms. The first-order valence-corrected chi connectivity index (χ1v) is 16.7. The van der Waals surface area contributed by atoms with Gasteiger partial charge in [0.25, 0.3) is 0 Å². The normalized spacial score (nSPS) is 51.2. The smallest absolute Gasteiger partial charge is 0.229 e. The minimum Gasteiger partial charge on any atom is -0.459 e. The van der Waals surface area contributed by atoms with E-state index in [-0.39, 0.29) is 53.2 Å². The van der Waals surface area contributed by atoms with E-state index < -0.39 is 65.1 Å². The Kier molecular flexibility index (Phi) is 7.97. The summed E-state index contributed by atoms with van der Waals surface area (Å²) in [5.41, 5.74) is -1.90. The SMILES string of the molecule is CC(C)=C[C@@H]1C[C@](C)(O)[C@H]2[C@@H](C[C@@]3(C)[C@@H]4CC=C5[C@@H](C=C(O[C@@H]6O[C@H](CO)[C@@H](O)[C@@H](O)[C@H]6O)C(=O)C5(C)C)[C@]4(C)C(=O)C[C@]23C)O1. The van der Waals surface area contributed by atoms with Crippen LogP contribution in [0.2, 0.25) is 0 Å². The molecule has 2 heterocycles. The van der Waals surface area contributed by atoms with Gasteiger partial charge in [0, 0.05) is 30.1 Å². The first kappa shape index (κ1) is 34.0. The number of aliphatic hydroxyl groups is 5. The zero-order valence-corrected chi connectivity index (χ0v) is 28.3. The topological polar surface area (TPSA) is 163 Å². The third-order valence-corrected chi connectivity index (χ3v) is 13.2. The number of ether oxygens (including phenoxy) is 3. The van der Waals surface area contributed by atoms with E-state index in [1.54, 1.807) is 19.9 Å². The van der Waals surface area contributed by atoms with Crippen molar-refractivity contribution in [3.8, 4) is 0 Å². The fraction of sp³-hybridized carbons (Fsp3) is 0.778. The van der Waals surface area contributed by atoms with Crippen LogP contribution in [-0.2, 0) is 23.8 Å². The van der Waals surface area contributed by atoms with Gasteiger partial charge in [-0.2, -0.15) is 0 Å². The number of allylic oxidation sites excluding steroid dienone is 5. The van der Waals surface area contributed by atoms with Gasteiger partial charge in [-0.1, -0.05) is 44.1 Å². The zero-order chi connectivity index (χ0) is 33.9. The van der Waals surface area contributed by atoms with Gasteiger partial charge < -0.3 is 39.7 Å². The summed E-state index contributed by atoms with van der Waals surface area (Å²) in [7, 11) is 0. The quantitative estimate of drug-likeness (QED) is 0.288. The maximum absolute atomic E-state index is 14.7. The minimum absolute atomic E-state index is 0.0736. The van der Waals surface area contributed by atoms with Crippen molar-refractivity contribution in [1.82, 2.24) is 0 Å². The Morgan fingerprint density at radius 1 is 0.978 bits per heavy atom. The summed E-state index contributed by atoms with van der Waals surface area (Å²) in [6.45, 7) is 15.3. The van der Waals surface area contributed by atoms with Crippen LogP contribution in [0.1, 0.15) is 81.1 Å². The molecule has 0 aromatic carbocycles. The summed E-state index contributed by atoms with van der Waals surface area (Å²) in [5.74, 6) is -1.20.